The van der Waals surface area contributed by atoms with Gasteiger partial charge in [0.25, 0.3) is 0 Å². The maximum atomic E-state index is 11.1. The van der Waals surface area contributed by atoms with E-state index in [0.29, 0.717) is 0 Å². The number of pyridine rings is 1. The SMILES string of the molecule is CC(=O)Nc1ccn2c1CSC2c1cccnc1. The van der Waals surface area contributed by atoms with Gasteiger partial charge in [0.15, 0.2) is 0 Å². The zero-order valence-electron chi connectivity index (χ0n) is 9.96. The Hall–Kier alpha value is -1.75. The van der Waals surface area contributed by atoms with Crippen molar-refractivity contribution in [3.8, 4) is 0 Å². The second-order valence-electron chi connectivity index (χ2n) is 4.21. The minimum Gasteiger partial charge on any atom is -0.332 e. The van der Waals surface area contributed by atoms with E-state index in [9.17, 15) is 4.79 Å². The van der Waals surface area contributed by atoms with Gasteiger partial charge in [-0.3, -0.25) is 9.78 Å². The first kappa shape index (κ1) is 11.3. The van der Waals surface area contributed by atoms with Gasteiger partial charge in [-0.1, -0.05) is 6.07 Å². The molecule has 0 bridgehead atoms. The van der Waals surface area contributed by atoms with Crippen molar-refractivity contribution in [2.24, 2.45) is 0 Å². The molecule has 5 heteroatoms. The molecule has 1 aliphatic heterocycles. The van der Waals surface area contributed by atoms with Crippen LogP contribution in [0.15, 0.2) is 36.8 Å². The number of hydrogen-bond donors (Lipinski definition) is 1. The van der Waals surface area contributed by atoms with Crippen molar-refractivity contribution in [3.05, 3.63) is 48.0 Å². The third kappa shape index (κ3) is 1.90. The minimum absolute atomic E-state index is 0.0289. The number of carbonyl (C=O) groups excluding carboxylic acids is 1. The number of anilines is 1. The molecule has 2 aromatic rings. The molecule has 1 unspecified atom stereocenters. The van der Waals surface area contributed by atoms with Crippen LogP contribution in [0.1, 0.15) is 23.6 Å². The molecule has 92 valence electrons. The zero-order valence-corrected chi connectivity index (χ0v) is 10.8. The van der Waals surface area contributed by atoms with Crippen molar-refractivity contribution in [1.82, 2.24) is 9.55 Å². The number of nitrogens with one attached hydrogen (secondary N) is 1. The Kier molecular flexibility index (Phi) is 2.83. The molecule has 3 heterocycles. The Morgan fingerprint density at radius 3 is 3.17 bits per heavy atom. The fourth-order valence-corrected chi connectivity index (χ4v) is 3.48. The Labute approximate surface area is 109 Å². The lowest BCUT2D eigenvalue weighted by Crippen LogP contribution is -2.07. The van der Waals surface area contributed by atoms with Gasteiger partial charge in [0.1, 0.15) is 5.37 Å². The number of amides is 1. The van der Waals surface area contributed by atoms with Gasteiger partial charge >= 0.3 is 0 Å². The topological polar surface area (TPSA) is 46.9 Å². The highest BCUT2D eigenvalue weighted by atomic mass is 32.2. The molecule has 4 nitrogen and oxygen atoms in total. The van der Waals surface area contributed by atoms with E-state index in [1.54, 1.807) is 6.20 Å². The molecule has 0 aliphatic carbocycles. The Morgan fingerprint density at radius 2 is 2.44 bits per heavy atom. The van der Waals surface area contributed by atoms with E-state index in [0.717, 1.165) is 11.4 Å². The Bertz CT molecular complexity index is 579. The minimum atomic E-state index is -0.0289. The van der Waals surface area contributed by atoms with Crippen molar-refractivity contribution < 1.29 is 4.79 Å². The van der Waals surface area contributed by atoms with E-state index >= 15 is 0 Å². The maximum absolute atomic E-state index is 11.1. The van der Waals surface area contributed by atoms with Crippen LogP contribution in [0.2, 0.25) is 0 Å². The molecule has 0 aromatic carbocycles. The van der Waals surface area contributed by atoms with E-state index in [-0.39, 0.29) is 11.3 Å². The molecular formula is C13H13N3OS. The lowest BCUT2D eigenvalue weighted by atomic mass is 10.3. The quantitative estimate of drug-likeness (QED) is 0.902. The first-order valence-electron chi connectivity index (χ1n) is 5.74. The average molecular weight is 259 g/mol. The summed E-state index contributed by atoms with van der Waals surface area (Å²) in [7, 11) is 0. The fraction of sp³-hybridized carbons (Fsp3) is 0.231. The molecule has 0 radical (unpaired) electrons. The van der Waals surface area contributed by atoms with Crippen LogP contribution < -0.4 is 5.32 Å². The van der Waals surface area contributed by atoms with E-state index in [4.69, 9.17) is 0 Å². The molecule has 0 saturated heterocycles. The van der Waals surface area contributed by atoms with Crippen LogP contribution in [-0.4, -0.2) is 15.5 Å². The second-order valence-corrected chi connectivity index (χ2v) is 5.28. The number of fused-ring (bicyclic) bond motifs is 1. The van der Waals surface area contributed by atoms with Gasteiger partial charge < -0.3 is 9.88 Å². The summed E-state index contributed by atoms with van der Waals surface area (Å²) in [4.78, 5) is 15.3. The summed E-state index contributed by atoms with van der Waals surface area (Å²) in [5, 5.41) is 3.13. The van der Waals surface area contributed by atoms with E-state index in [2.05, 4.69) is 20.9 Å². The van der Waals surface area contributed by atoms with Crippen LogP contribution in [0.3, 0.4) is 0 Å². The Balaban J connectivity index is 1.94. The van der Waals surface area contributed by atoms with Gasteiger partial charge in [-0.05, 0) is 12.1 Å². The highest BCUT2D eigenvalue weighted by Crippen LogP contribution is 2.43. The molecule has 1 N–H and O–H groups in total. The van der Waals surface area contributed by atoms with Crippen molar-refractivity contribution >= 4 is 23.4 Å². The lowest BCUT2D eigenvalue weighted by Gasteiger charge is -2.11. The van der Waals surface area contributed by atoms with Crippen molar-refractivity contribution in [2.45, 2.75) is 18.1 Å². The third-order valence-electron chi connectivity index (χ3n) is 2.94. The van der Waals surface area contributed by atoms with Gasteiger partial charge in [-0.15, -0.1) is 11.8 Å². The molecule has 0 spiro atoms. The molecule has 18 heavy (non-hydrogen) atoms. The summed E-state index contributed by atoms with van der Waals surface area (Å²) in [6.07, 6.45) is 5.70. The molecule has 1 amide bonds. The number of carbonyl (C=O) groups is 1. The van der Waals surface area contributed by atoms with Crippen LogP contribution >= 0.6 is 11.8 Å². The van der Waals surface area contributed by atoms with Crippen molar-refractivity contribution in [1.29, 1.82) is 0 Å². The largest absolute Gasteiger partial charge is 0.332 e. The highest BCUT2D eigenvalue weighted by molar-refractivity contribution is 7.99. The summed E-state index contributed by atoms with van der Waals surface area (Å²) in [5.74, 6) is 0.876. The van der Waals surface area contributed by atoms with Crippen LogP contribution in [0.5, 0.6) is 0 Å². The molecule has 1 atom stereocenters. The molecule has 0 saturated carbocycles. The Morgan fingerprint density at radius 1 is 1.56 bits per heavy atom. The monoisotopic (exact) mass is 259 g/mol. The first-order valence-corrected chi connectivity index (χ1v) is 6.79. The van der Waals surface area contributed by atoms with Crippen LogP contribution in [-0.2, 0) is 10.5 Å². The van der Waals surface area contributed by atoms with Crippen LogP contribution in [0.4, 0.5) is 5.69 Å². The van der Waals surface area contributed by atoms with Gasteiger partial charge in [0, 0.05) is 36.8 Å². The average Bonchev–Trinajstić information content (AvgIpc) is 2.93. The molecular weight excluding hydrogens is 246 g/mol. The van der Waals surface area contributed by atoms with Crippen LogP contribution in [0.25, 0.3) is 0 Å². The number of nitrogens with zero attached hydrogens (tertiary/aromatic N) is 2. The smallest absolute Gasteiger partial charge is 0.221 e. The predicted octanol–water partition coefficient (Wildman–Crippen LogP) is 2.64. The van der Waals surface area contributed by atoms with E-state index in [1.165, 1.54) is 18.2 Å². The van der Waals surface area contributed by atoms with Crippen molar-refractivity contribution in [2.75, 3.05) is 5.32 Å². The summed E-state index contributed by atoms with van der Waals surface area (Å²) >= 11 is 1.84. The molecule has 1 aliphatic rings. The highest BCUT2D eigenvalue weighted by Gasteiger charge is 2.26. The standard InChI is InChI=1S/C13H13N3OS/c1-9(17)15-11-4-6-16-12(11)8-18-13(16)10-3-2-5-14-7-10/h2-7,13H,8H2,1H3,(H,15,17). The molecule has 3 rings (SSSR count). The first-order chi connectivity index (χ1) is 8.75. The van der Waals surface area contributed by atoms with Crippen molar-refractivity contribution in [3.63, 3.8) is 0 Å². The van der Waals surface area contributed by atoms with Gasteiger partial charge in [-0.2, -0.15) is 0 Å². The van der Waals surface area contributed by atoms with E-state index < -0.39 is 0 Å². The summed E-state index contributed by atoms with van der Waals surface area (Å²) in [5.41, 5.74) is 3.27. The number of thioether (sulfide) groups is 1. The van der Waals surface area contributed by atoms with Gasteiger partial charge in [0.2, 0.25) is 5.91 Å². The second kappa shape index (κ2) is 4.49. The molecule has 2 aromatic heterocycles. The van der Waals surface area contributed by atoms with Gasteiger partial charge in [-0.25, -0.2) is 0 Å². The third-order valence-corrected chi connectivity index (χ3v) is 4.19. The predicted molar refractivity (Wildman–Crippen MR) is 72.4 cm³/mol. The maximum Gasteiger partial charge on any atom is 0.221 e. The number of rotatable bonds is 2. The van der Waals surface area contributed by atoms with Gasteiger partial charge in [0.05, 0.1) is 11.4 Å². The normalized spacial score (nSPS) is 17.5. The van der Waals surface area contributed by atoms with Crippen LogP contribution in [0, 0.1) is 0 Å². The number of hydrogen-bond acceptors (Lipinski definition) is 3. The summed E-state index contributed by atoms with van der Waals surface area (Å²) < 4.78 is 2.20. The lowest BCUT2D eigenvalue weighted by molar-refractivity contribution is -0.114. The number of aromatic nitrogens is 2. The molecule has 0 fully saturated rings. The summed E-state index contributed by atoms with van der Waals surface area (Å²) in [6.45, 7) is 1.53. The zero-order chi connectivity index (χ0) is 12.5. The fourth-order valence-electron chi connectivity index (χ4n) is 2.17. The van der Waals surface area contributed by atoms with E-state index in [1.807, 2.05) is 36.3 Å². The summed E-state index contributed by atoms with van der Waals surface area (Å²) in [6, 6.07) is 5.99.